The van der Waals surface area contributed by atoms with Crippen LogP contribution >= 0.6 is 0 Å². The number of nitrogens with zero attached hydrogens (tertiary/aromatic N) is 2. The van der Waals surface area contributed by atoms with Gasteiger partial charge in [0.1, 0.15) is 0 Å². The van der Waals surface area contributed by atoms with Crippen LogP contribution in [0.5, 0.6) is 0 Å². The van der Waals surface area contributed by atoms with Gasteiger partial charge in [0.25, 0.3) is 0 Å². The molecule has 1 unspecified atom stereocenters. The van der Waals surface area contributed by atoms with Crippen LogP contribution in [0.2, 0.25) is 0 Å². The lowest BCUT2D eigenvalue weighted by Crippen LogP contribution is -2.08. The summed E-state index contributed by atoms with van der Waals surface area (Å²) in [6, 6.07) is 5.36. The zero-order chi connectivity index (χ0) is 13.2. The second-order valence-corrected chi connectivity index (χ2v) is 4.15. The first-order valence-electron chi connectivity index (χ1n) is 5.64. The summed E-state index contributed by atoms with van der Waals surface area (Å²) in [5.74, 6) is 0. The highest BCUT2D eigenvalue weighted by molar-refractivity contribution is 5.54. The van der Waals surface area contributed by atoms with Crippen molar-refractivity contribution in [2.75, 3.05) is 0 Å². The van der Waals surface area contributed by atoms with E-state index in [0.717, 1.165) is 5.52 Å². The van der Waals surface area contributed by atoms with Crippen LogP contribution in [-0.2, 0) is 0 Å². The molecule has 2 heterocycles. The minimum atomic E-state index is -4.17. The smallest absolute Gasteiger partial charge is 0.388 e. The predicted molar refractivity (Wildman–Crippen MR) is 60.1 cm³/mol. The van der Waals surface area contributed by atoms with Crippen LogP contribution in [0.15, 0.2) is 30.6 Å². The molecule has 1 atom stereocenters. The Morgan fingerprint density at radius 2 is 2.11 bits per heavy atom. The van der Waals surface area contributed by atoms with E-state index in [1.807, 2.05) is 0 Å². The normalized spacial score (nSPS) is 14.0. The van der Waals surface area contributed by atoms with E-state index in [1.54, 1.807) is 28.9 Å². The number of hydrogen-bond donors (Lipinski definition) is 1. The van der Waals surface area contributed by atoms with Gasteiger partial charge in [0.15, 0.2) is 0 Å². The maximum atomic E-state index is 12.0. The van der Waals surface area contributed by atoms with Gasteiger partial charge in [0.2, 0.25) is 0 Å². The van der Waals surface area contributed by atoms with E-state index >= 15 is 0 Å². The van der Waals surface area contributed by atoms with Crippen molar-refractivity contribution >= 4 is 5.52 Å². The molecule has 0 aromatic carbocycles. The summed E-state index contributed by atoms with van der Waals surface area (Å²) < 4.78 is 37.6. The van der Waals surface area contributed by atoms with E-state index in [0.29, 0.717) is 5.56 Å². The number of pyridine rings is 1. The third-order valence-electron chi connectivity index (χ3n) is 2.75. The summed E-state index contributed by atoms with van der Waals surface area (Å²) >= 11 is 0. The van der Waals surface area contributed by atoms with Crippen LogP contribution in [-0.4, -0.2) is 20.9 Å². The highest BCUT2D eigenvalue weighted by atomic mass is 19.4. The van der Waals surface area contributed by atoms with Crippen molar-refractivity contribution in [3.8, 4) is 0 Å². The summed E-state index contributed by atoms with van der Waals surface area (Å²) in [6.07, 6.45) is -2.74. The van der Waals surface area contributed by atoms with Crippen LogP contribution in [0.1, 0.15) is 30.9 Å². The van der Waals surface area contributed by atoms with Crippen LogP contribution < -0.4 is 0 Å². The van der Waals surface area contributed by atoms with Gasteiger partial charge in [-0.15, -0.1) is 0 Å². The van der Waals surface area contributed by atoms with Crippen molar-refractivity contribution in [3.05, 3.63) is 36.2 Å². The lowest BCUT2D eigenvalue weighted by Gasteiger charge is -2.10. The molecule has 1 N–H and O–H groups in total. The summed E-state index contributed by atoms with van der Waals surface area (Å²) in [5.41, 5.74) is 1.29. The quantitative estimate of drug-likeness (QED) is 0.915. The average molecular weight is 258 g/mol. The number of halogens is 3. The Hall–Kier alpha value is -1.56. The van der Waals surface area contributed by atoms with Gasteiger partial charge in [-0.05, 0) is 25.0 Å². The second kappa shape index (κ2) is 4.97. The van der Waals surface area contributed by atoms with Crippen molar-refractivity contribution in [1.82, 2.24) is 9.61 Å². The van der Waals surface area contributed by atoms with E-state index in [-0.39, 0.29) is 12.8 Å². The monoisotopic (exact) mass is 258 g/mol. The molecule has 0 aliphatic rings. The van der Waals surface area contributed by atoms with Gasteiger partial charge in [-0.25, -0.2) is 4.52 Å². The first kappa shape index (κ1) is 12.9. The topological polar surface area (TPSA) is 37.5 Å². The SMILES string of the molecule is OC(CCCC(F)(F)F)c1cnn2ccccc12. The molecular weight excluding hydrogens is 245 g/mol. The Bertz CT molecular complexity index is 521. The van der Waals surface area contributed by atoms with Gasteiger partial charge in [-0.2, -0.15) is 18.3 Å². The maximum absolute atomic E-state index is 12.0. The number of fused-ring (bicyclic) bond motifs is 1. The van der Waals surface area contributed by atoms with Crippen molar-refractivity contribution in [3.63, 3.8) is 0 Å². The minimum absolute atomic E-state index is 0.0791. The molecule has 0 fully saturated rings. The molecule has 0 bridgehead atoms. The number of aliphatic hydroxyl groups is 1. The van der Waals surface area contributed by atoms with E-state index in [4.69, 9.17) is 0 Å². The lowest BCUT2D eigenvalue weighted by atomic mass is 10.1. The summed E-state index contributed by atoms with van der Waals surface area (Å²) in [7, 11) is 0. The third-order valence-corrected chi connectivity index (χ3v) is 2.75. The van der Waals surface area contributed by atoms with Gasteiger partial charge in [0, 0.05) is 18.2 Å². The number of aromatic nitrogens is 2. The van der Waals surface area contributed by atoms with Gasteiger partial charge < -0.3 is 5.11 Å². The fourth-order valence-electron chi connectivity index (χ4n) is 1.86. The zero-order valence-electron chi connectivity index (χ0n) is 9.56. The third kappa shape index (κ3) is 3.01. The molecular formula is C12H13F3N2O. The largest absolute Gasteiger partial charge is 0.389 e. The van der Waals surface area contributed by atoms with Crippen molar-refractivity contribution in [2.45, 2.75) is 31.5 Å². The van der Waals surface area contributed by atoms with Crippen LogP contribution in [0.25, 0.3) is 5.52 Å². The maximum Gasteiger partial charge on any atom is 0.389 e. The molecule has 0 saturated carbocycles. The van der Waals surface area contributed by atoms with Gasteiger partial charge in [-0.1, -0.05) is 6.07 Å². The molecule has 0 aliphatic heterocycles. The zero-order valence-corrected chi connectivity index (χ0v) is 9.56. The van der Waals surface area contributed by atoms with E-state index in [9.17, 15) is 18.3 Å². The lowest BCUT2D eigenvalue weighted by molar-refractivity contribution is -0.136. The highest BCUT2D eigenvalue weighted by Gasteiger charge is 2.27. The molecule has 2 rings (SSSR count). The molecule has 3 nitrogen and oxygen atoms in total. The first-order valence-corrected chi connectivity index (χ1v) is 5.64. The van der Waals surface area contributed by atoms with Crippen LogP contribution in [0, 0.1) is 0 Å². The van der Waals surface area contributed by atoms with Gasteiger partial charge in [0.05, 0.1) is 17.8 Å². The Kier molecular flexibility index (Phi) is 3.56. The highest BCUT2D eigenvalue weighted by Crippen LogP contribution is 2.27. The summed E-state index contributed by atoms with van der Waals surface area (Å²) in [5, 5.41) is 13.9. The van der Waals surface area contributed by atoms with E-state index in [1.165, 1.54) is 6.20 Å². The molecule has 0 saturated heterocycles. The van der Waals surface area contributed by atoms with Crippen molar-refractivity contribution in [2.24, 2.45) is 0 Å². The Morgan fingerprint density at radius 1 is 1.33 bits per heavy atom. The Morgan fingerprint density at radius 3 is 2.83 bits per heavy atom. The van der Waals surface area contributed by atoms with E-state index < -0.39 is 18.7 Å². The fraction of sp³-hybridized carbons (Fsp3) is 0.417. The second-order valence-electron chi connectivity index (χ2n) is 4.15. The first-order chi connectivity index (χ1) is 8.47. The van der Waals surface area contributed by atoms with Gasteiger partial charge >= 0.3 is 6.18 Å². The summed E-state index contributed by atoms with van der Waals surface area (Å²) in [4.78, 5) is 0. The van der Waals surface area contributed by atoms with Crippen molar-refractivity contribution in [1.29, 1.82) is 0 Å². The molecule has 2 aromatic rings. The molecule has 6 heteroatoms. The number of alkyl halides is 3. The standard InChI is InChI=1S/C12H13F3N2O/c13-12(14,15)6-3-5-11(18)9-8-16-17-7-2-1-4-10(9)17/h1-2,4,7-8,11,18H,3,5-6H2. The average Bonchev–Trinajstić information content (AvgIpc) is 2.70. The van der Waals surface area contributed by atoms with Crippen LogP contribution in [0.3, 0.4) is 0 Å². The molecule has 0 amide bonds. The fourth-order valence-corrected chi connectivity index (χ4v) is 1.86. The molecule has 0 spiro atoms. The number of aliphatic hydroxyl groups excluding tert-OH is 1. The Balaban J connectivity index is 2.03. The molecule has 0 radical (unpaired) electrons. The Labute approximate surface area is 102 Å². The van der Waals surface area contributed by atoms with E-state index in [2.05, 4.69) is 5.10 Å². The van der Waals surface area contributed by atoms with Crippen molar-refractivity contribution < 1.29 is 18.3 Å². The number of hydrogen-bond acceptors (Lipinski definition) is 2. The predicted octanol–water partition coefficient (Wildman–Crippen LogP) is 3.10. The van der Waals surface area contributed by atoms with Gasteiger partial charge in [-0.3, -0.25) is 0 Å². The molecule has 2 aromatic heterocycles. The number of rotatable bonds is 4. The minimum Gasteiger partial charge on any atom is -0.388 e. The summed E-state index contributed by atoms with van der Waals surface area (Å²) in [6.45, 7) is 0. The van der Waals surface area contributed by atoms with Crippen LogP contribution in [0.4, 0.5) is 13.2 Å². The molecule has 18 heavy (non-hydrogen) atoms. The molecule has 98 valence electrons. The molecule has 0 aliphatic carbocycles.